The molecule has 29 heavy (non-hydrogen) atoms. The zero-order valence-electron chi connectivity index (χ0n) is 18.1. The van der Waals surface area contributed by atoms with Crippen molar-refractivity contribution < 1.29 is 14.3 Å². The summed E-state index contributed by atoms with van der Waals surface area (Å²) in [6.45, 7) is 10.3. The fourth-order valence-corrected chi connectivity index (χ4v) is 5.76. The number of benzene rings is 1. The van der Waals surface area contributed by atoms with Crippen molar-refractivity contribution in [2.24, 2.45) is 23.2 Å². The van der Waals surface area contributed by atoms with E-state index in [2.05, 4.69) is 56.0 Å². The van der Waals surface area contributed by atoms with Crippen LogP contribution in [0.25, 0.3) is 0 Å². The van der Waals surface area contributed by atoms with Gasteiger partial charge in [0.05, 0.1) is 25.9 Å². The molecule has 0 N–H and O–H groups in total. The van der Waals surface area contributed by atoms with E-state index in [1.54, 1.807) is 0 Å². The molecule has 1 aromatic carbocycles. The summed E-state index contributed by atoms with van der Waals surface area (Å²) in [6.07, 6.45) is 6.11. The normalized spacial score (nSPS) is 35.1. The lowest BCUT2D eigenvalue weighted by atomic mass is 9.56. The molecule has 2 bridgehead atoms. The fourth-order valence-electron chi connectivity index (χ4n) is 5.76. The summed E-state index contributed by atoms with van der Waals surface area (Å²) in [5.74, 6) is 0.953. The zero-order valence-corrected chi connectivity index (χ0v) is 18.1. The standard InChI is InChI=1S/C25H35NO3/c1-18-14-19(2)25(16-28-22(27)15-26-12-8-5-9-13-26)17-29-24(23(18)20(25)3)21-10-6-4-7-11-21/h4,6-7,10-11,14,19-20,23-24H,5,8-9,12-13,15-17H2,1-3H3/t19-,20+,23-,24+,25-/m0/s1. The van der Waals surface area contributed by atoms with Crippen LogP contribution >= 0.6 is 0 Å². The summed E-state index contributed by atoms with van der Waals surface area (Å²) in [6, 6.07) is 10.5. The smallest absolute Gasteiger partial charge is 0.320 e. The molecule has 0 aromatic heterocycles. The topological polar surface area (TPSA) is 38.8 Å². The summed E-state index contributed by atoms with van der Waals surface area (Å²) >= 11 is 0. The summed E-state index contributed by atoms with van der Waals surface area (Å²) < 4.78 is 12.4. The molecule has 2 saturated heterocycles. The highest BCUT2D eigenvalue weighted by molar-refractivity contribution is 5.71. The van der Waals surface area contributed by atoms with Crippen LogP contribution < -0.4 is 0 Å². The molecule has 2 fully saturated rings. The van der Waals surface area contributed by atoms with Crippen molar-refractivity contribution in [3.63, 3.8) is 0 Å². The van der Waals surface area contributed by atoms with Crippen LogP contribution in [0.2, 0.25) is 0 Å². The molecule has 1 aliphatic carbocycles. The third kappa shape index (κ3) is 4.02. The Kier molecular flexibility index (Phi) is 6.12. The van der Waals surface area contributed by atoms with E-state index in [9.17, 15) is 4.79 Å². The van der Waals surface area contributed by atoms with Gasteiger partial charge in [-0.15, -0.1) is 0 Å². The van der Waals surface area contributed by atoms with Crippen LogP contribution in [-0.2, 0) is 14.3 Å². The van der Waals surface area contributed by atoms with Gasteiger partial charge in [-0.3, -0.25) is 9.69 Å². The monoisotopic (exact) mass is 397 g/mol. The molecule has 1 aromatic rings. The molecule has 0 radical (unpaired) electrons. The van der Waals surface area contributed by atoms with E-state index in [4.69, 9.17) is 9.47 Å². The van der Waals surface area contributed by atoms with Gasteiger partial charge in [-0.1, -0.05) is 62.2 Å². The van der Waals surface area contributed by atoms with Crippen LogP contribution in [0.4, 0.5) is 0 Å². The Balaban J connectivity index is 1.47. The molecule has 0 saturated carbocycles. The van der Waals surface area contributed by atoms with Crippen molar-refractivity contribution in [3.8, 4) is 0 Å². The highest BCUT2D eigenvalue weighted by Crippen LogP contribution is 2.56. The molecule has 4 nitrogen and oxygen atoms in total. The maximum Gasteiger partial charge on any atom is 0.320 e. The lowest BCUT2D eigenvalue weighted by Gasteiger charge is -2.55. The predicted octanol–water partition coefficient (Wildman–Crippen LogP) is 4.62. The minimum Gasteiger partial charge on any atom is -0.464 e. The van der Waals surface area contributed by atoms with Gasteiger partial charge in [0, 0.05) is 11.3 Å². The Bertz CT molecular complexity index is 740. The quantitative estimate of drug-likeness (QED) is 0.537. The van der Waals surface area contributed by atoms with Gasteiger partial charge < -0.3 is 9.47 Å². The lowest BCUT2D eigenvalue weighted by molar-refractivity contribution is -0.182. The maximum atomic E-state index is 12.6. The average molecular weight is 398 g/mol. The third-order valence-corrected chi connectivity index (χ3v) is 7.68. The van der Waals surface area contributed by atoms with Crippen LogP contribution in [0, 0.1) is 23.2 Å². The van der Waals surface area contributed by atoms with E-state index in [1.807, 2.05) is 6.07 Å². The number of hydrogen-bond donors (Lipinski definition) is 0. The van der Waals surface area contributed by atoms with Gasteiger partial charge in [0.15, 0.2) is 0 Å². The summed E-state index contributed by atoms with van der Waals surface area (Å²) in [5, 5.41) is 0. The summed E-state index contributed by atoms with van der Waals surface area (Å²) in [4.78, 5) is 14.8. The number of hydrogen-bond acceptors (Lipinski definition) is 4. The molecule has 2 heterocycles. The molecule has 0 spiro atoms. The molecule has 3 aliphatic rings. The van der Waals surface area contributed by atoms with Crippen LogP contribution in [0.1, 0.15) is 51.7 Å². The van der Waals surface area contributed by atoms with Crippen molar-refractivity contribution in [1.82, 2.24) is 4.90 Å². The van der Waals surface area contributed by atoms with Gasteiger partial charge >= 0.3 is 5.97 Å². The van der Waals surface area contributed by atoms with Crippen molar-refractivity contribution in [1.29, 1.82) is 0 Å². The van der Waals surface area contributed by atoms with E-state index in [1.165, 1.54) is 30.4 Å². The largest absolute Gasteiger partial charge is 0.464 e. The van der Waals surface area contributed by atoms with Gasteiger partial charge in [0.25, 0.3) is 0 Å². The Morgan fingerprint density at radius 2 is 1.90 bits per heavy atom. The van der Waals surface area contributed by atoms with Crippen LogP contribution in [0.3, 0.4) is 0 Å². The molecule has 4 rings (SSSR count). The second-order valence-electron chi connectivity index (χ2n) is 9.39. The molecule has 0 unspecified atom stereocenters. The molecular weight excluding hydrogens is 362 g/mol. The molecule has 2 aliphatic heterocycles. The van der Waals surface area contributed by atoms with E-state index in [0.717, 1.165) is 13.1 Å². The Morgan fingerprint density at radius 3 is 2.62 bits per heavy atom. The van der Waals surface area contributed by atoms with Gasteiger partial charge in [-0.05, 0) is 50.3 Å². The molecule has 0 amide bonds. The second kappa shape index (κ2) is 8.61. The summed E-state index contributed by atoms with van der Waals surface area (Å²) in [7, 11) is 0. The number of esters is 1. The van der Waals surface area contributed by atoms with Gasteiger partial charge in [-0.2, -0.15) is 0 Å². The van der Waals surface area contributed by atoms with E-state index in [-0.39, 0.29) is 17.5 Å². The highest BCUT2D eigenvalue weighted by Gasteiger charge is 2.54. The minimum atomic E-state index is -0.146. The van der Waals surface area contributed by atoms with Crippen molar-refractivity contribution in [2.45, 2.75) is 46.1 Å². The Morgan fingerprint density at radius 1 is 1.17 bits per heavy atom. The van der Waals surface area contributed by atoms with Gasteiger partial charge in [-0.25, -0.2) is 0 Å². The highest BCUT2D eigenvalue weighted by atomic mass is 16.5. The van der Waals surface area contributed by atoms with E-state index in [0.29, 0.717) is 37.5 Å². The van der Waals surface area contributed by atoms with E-state index >= 15 is 0 Å². The number of carbonyl (C=O) groups is 1. The second-order valence-corrected chi connectivity index (χ2v) is 9.39. The number of carbonyl (C=O) groups excluding carboxylic acids is 1. The molecule has 4 heteroatoms. The van der Waals surface area contributed by atoms with Crippen molar-refractivity contribution in [2.75, 3.05) is 32.8 Å². The predicted molar refractivity (Wildman–Crippen MR) is 114 cm³/mol. The van der Waals surface area contributed by atoms with Gasteiger partial charge in [0.1, 0.15) is 0 Å². The summed E-state index contributed by atoms with van der Waals surface area (Å²) in [5.41, 5.74) is 2.49. The third-order valence-electron chi connectivity index (χ3n) is 7.68. The first-order valence-corrected chi connectivity index (χ1v) is 11.2. The van der Waals surface area contributed by atoms with Crippen LogP contribution in [-0.4, -0.2) is 43.7 Å². The number of piperidine rings is 1. The van der Waals surface area contributed by atoms with Crippen LogP contribution in [0.5, 0.6) is 0 Å². The average Bonchev–Trinajstić information content (AvgIpc) is 2.73. The van der Waals surface area contributed by atoms with Crippen molar-refractivity contribution in [3.05, 3.63) is 47.5 Å². The minimum absolute atomic E-state index is 0.0760. The fraction of sp³-hybridized carbons (Fsp3) is 0.640. The van der Waals surface area contributed by atoms with Gasteiger partial charge in [0.2, 0.25) is 0 Å². The van der Waals surface area contributed by atoms with Crippen LogP contribution in [0.15, 0.2) is 42.0 Å². The number of allylic oxidation sites excluding steroid dienone is 1. The van der Waals surface area contributed by atoms with E-state index < -0.39 is 0 Å². The number of fused-ring (bicyclic) bond motifs is 2. The lowest BCUT2D eigenvalue weighted by Crippen LogP contribution is -2.54. The first-order chi connectivity index (χ1) is 14.0. The SMILES string of the molecule is CC1=C[C@H](C)[C@]2(COC(=O)CN3CCCCC3)CO[C@H](c3ccccc3)[C@@H]1[C@H]2C. The Labute approximate surface area is 175 Å². The Hall–Kier alpha value is -1.65. The zero-order chi connectivity index (χ0) is 20.4. The maximum absolute atomic E-state index is 12.6. The molecular formula is C25H35NO3. The first kappa shape index (κ1) is 20.6. The van der Waals surface area contributed by atoms with Crippen molar-refractivity contribution >= 4 is 5.97 Å². The molecule has 5 atom stereocenters. The molecule has 158 valence electrons. The number of nitrogens with zero attached hydrogens (tertiary/aromatic N) is 1. The number of ether oxygens (including phenoxy) is 2. The number of rotatable bonds is 5. The number of likely N-dealkylation sites (tertiary alicyclic amines) is 1. The first-order valence-electron chi connectivity index (χ1n) is 11.2.